The molecule has 0 unspecified atom stereocenters. The molecule has 0 saturated carbocycles. The number of hydrogen-bond donors (Lipinski definition) is 1. The standard InChI is InChI=1S/C18H20N4/c1-19-16-4-3-15-7-11-21-18(17(15)13-16)22(2)12-8-14-5-9-20-10-6-14/h3-7,9-11,13,19H,8,12H2,1-2H3. The van der Waals surface area contributed by atoms with Crippen molar-refractivity contribution in [2.75, 3.05) is 30.9 Å². The van der Waals surface area contributed by atoms with Crippen LogP contribution in [0.5, 0.6) is 0 Å². The van der Waals surface area contributed by atoms with Gasteiger partial charge in [-0.2, -0.15) is 0 Å². The highest BCUT2D eigenvalue weighted by Gasteiger charge is 2.08. The number of likely N-dealkylation sites (N-methyl/N-ethyl adjacent to an activating group) is 1. The van der Waals surface area contributed by atoms with Gasteiger partial charge in [-0.05, 0) is 47.7 Å². The lowest BCUT2D eigenvalue weighted by Crippen LogP contribution is -2.21. The number of aromatic nitrogens is 2. The number of hydrogen-bond acceptors (Lipinski definition) is 4. The summed E-state index contributed by atoms with van der Waals surface area (Å²) in [5.74, 6) is 1.02. The summed E-state index contributed by atoms with van der Waals surface area (Å²) in [6.45, 7) is 0.917. The minimum atomic E-state index is 0.917. The zero-order valence-corrected chi connectivity index (χ0v) is 13.0. The smallest absolute Gasteiger partial charge is 0.136 e. The van der Waals surface area contributed by atoms with E-state index in [2.05, 4.69) is 63.6 Å². The lowest BCUT2D eigenvalue weighted by atomic mass is 10.1. The van der Waals surface area contributed by atoms with Gasteiger partial charge in [0, 0.05) is 50.3 Å². The van der Waals surface area contributed by atoms with Crippen molar-refractivity contribution in [1.82, 2.24) is 9.97 Å². The number of anilines is 2. The largest absolute Gasteiger partial charge is 0.388 e. The molecule has 1 N–H and O–H groups in total. The Hall–Kier alpha value is -2.62. The molecule has 4 nitrogen and oxygen atoms in total. The van der Waals surface area contributed by atoms with Crippen molar-refractivity contribution in [3.05, 3.63) is 60.6 Å². The maximum Gasteiger partial charge on any atom is 0.136 e. The lowest BCUT2D eigenvalue weighted by molar-refractivity contribution is 0.863. The Morgan fingerprint density at radius 1 is 1.05 bits per heavy atom. The van der Waals surface area contributed by atoms with Crippen LogP contribution in [0.15, 0.2) is 55.0 Å². The summed E-state index contributed by atoms with van der Waals surface area (Å²) in [6.07, 6.45) is 6.53. The van der Waals surface area contributed by atoms with Crippen LogP contribution in [0, 0.1) is 0 Å². The van der Waals surface area contributed by atoms with E-state index in [4.69, 9.17) is 0 Å². The van der Waals surface area contributed by atoms with Gasteiger partial charge in [-0.1, -0.05) is 6.07 Å². The number of benzene rings is 1. The van der Waals surface area contributed by atoms with Crippen molar-refractivity contribution in [2.45, 2.75) is 6.42 Å². The van der Waals surface area contributed by atoms with Gasteiger partial charge in [-0.15, -0.1) is 0 Å². The first kappa shape index (κ1) is 14.3. The summed E-state index contributed by atoms with van der Waals surface area (Å²) in [4.78, 5) is 10.8. The van der Waals surface area contributed by atoms with E-state index >= 15 is 0 Å². The molecule has 4 heteroatoms. The average molecular weight is 292 g/mol. The van der Waals surface area contributed by atoms with Crippen LogP contribution in [0.25, 0.3) is 10.8 Å². The fourth-order valence-electron chi connectivity index (χ4n) is 2.56. The molecule has 0 aliphatic heterocycles. The molecule has 22 heavy (non-hydrogen) atoms. The summed E-state index contributed by atoms with van der Waals surface area (Å²) < 4.78 is 0. The van der Waals surface area contributed by atoms with E-state index in [0.717, 1.165) is 24.5 Å². The van der Waals surface area contributed by atoms with Crippen LogP contribution in [0.3, 0.4) is 0 Å². The van der Waals surface area contributed by atoms with E-state index in [0.29, 0.717) is 0 Å². The lowest BCUT2D eigenvalue weighted by Gasteiger charge is -2.20. The maximum atomic E-state index is 4.58. The van der Waals surface area contributed by atoms with Gasteiger partial charge in [0.15, 0.2) is 0 Å². The molecular weight excluding hydrogens is 272 g/mol. The highest BCUT2D eigenvalue weighted by Crippen LogP contribution is 2.26. The monoisotopic (exact) mass is 292 g/mol. The van der Waals surface area contributed by atoms with Crippen molar-refractivity contribution < 1.29 is 0 Å². The van der Waals surface area contributed by atoms with Crippen LogP contribution < -0.4 is 10.2 Å². The molecule has 0 bridgehead atoms. The molecule has 0 radical (unpaired) electrons. The predicted octanol–water partition coefficient (Wildman–Crippen LogP) is 3.35. The van der Waals surface area contributed by atoms with Gasteiger partial charge >= 0.3 is 0 Å². The van der Waals surface area contributed by atoms with Crippen LogP contribution >= 0.6 is 0 Å². The number of rotatable bonds is 5. The van der Waals surface area contributed by atoms with Crippen molar-refractivity contribution >= 4 is 22.3 Å². The summed E-state index contributed by atoms with van der Waals surface area (Å²) >= 11 is 0. The molecule has 2 aromatic heterocycles. The van der Waals surface area contributed by atoms with Gasteiger partial charge in [-0.3, -0.25) is 4.98 Å². The van der Waals surface area contributed by atoms with E-state index in [1.54, 1.807) is 0 Å². The van der Waals surface area contributed by atoms with Gasteiger partial charge in [0.1, 0.15) is 5.82 Å². The molecular formula is C18H20N4. The average Bonchev–Trinajstić information content (AvgIpc) is 2.59. The van der Waals surface area contributed by atoms with E-state index in [1.807, 2.05) is 25.6 Å². The third-order valence-electron chi connectivity index (χ3n) is 3.88. The van der Waals surface area contributed by atoms with Crippen molar-refractivity contribution in [2.24, 2.45) is 0 Å². The molecule has 3 aromatic rings. The maximum absolute atomic E-state index is 4.58. The summed E-state index contributed by atoms with van der Waals surface area (Å²) in [6, 6.07) is 12.5. The Balaban J connectivity index is 1.85. The Kier molecular flexibility index (Phi) is 4.19. The topological polar surface area (TPSA) is 41.1 Å². The molecule has 2 heterocycles. The fraction of sp³-hybridized carbons (Fsp3) is 0.222. The molecule has 0 aliphatic rings. The molecule has 0 saturated heterocycles. The number of pyridine rings is 2. The molecule has 0 atom stereocenters. The van der Waals surface area contributed by atoms with Crippen molar-refractivity contribution in [1.29, 1.82) is 0 Å². The van der Waals surface area contributed by atoms with Crippen LogP contribution in [0.1, 0.15) is 5.56 Å². The SMILES string of the molecule is CNc1ccc2ccnc(N(C)CCc3ccncc3)c2c1. The number of fused-ring (bicyclic) bond motifs is 1. The van der Waals surface area contributed by atoms with E-state index in [-0.39, 0.29) is 0 Å². The summed E-state index contributed by atoms with van der Waals surface area (Å²) in [5, 5.41) is 5.57. The first-order chi connectivity index (χ1) is 10.8. The molecule has 3 rings (SSSR count). The Labute approximate surface area is 130 Å². The minimum Gasteiger partial charge on any atom is -0.388 e. The van der Waals surface area contributed by atoms with Crippen molar-refractivity contribution in [3.63, 3.8) is 0 Å². The molecule has 0 aliphatic carbocycles. The summed E-state index contributed by atoms with van der Waals surface area (Å²) in [5.41, 5.74) is 2.39. The van der Waals surface area contributed by atoms with Gasteiger partial charge in [0.25, 0.3) is 0 Å². The zero-order chi connectivity index (χ0) is 15.4. The molecule has 0 fully saturated rings. The Bertz CT molecular complexity index is 755. The first-order valence-electron chi connectivity index (χ1n) is 7.44. The van der Waals surface area contributed by atoms with Gasteiger partial charge in [0.2, 0.25) is 0 Å². The van der Waals surface area contributed by atoms with Crippen LogP contribution in [-0.4, -0.2) is 30.6 Å². The molecule has 0 amide bonds. The second-order valence-corrected chi connectivity index (χ2v) is 5.35. The Morgan fingerprint density at radius 3 is 2.64 bits per heavy atom. The quantitative estimate of drug-likeness (QED) is 0.783. The van der Waals surface area contributed by atoms with Crippen molar-refractivity contribution in [3.8, 4) is 0 Å². The van der Waals surface area contributed by atoms with E-state index < -0.39 is 0 Å². The first-order valence-corrected chi connectivity index (χ1v) is 7.44. The molecule has 112 valence electrons. The predicted molar refractivity (Wildman–Crippen MR) is 92.5 cm³/mol. The van der Waals surface area contributed by atoms with Gasteiger partial charge in [-0.25, -0.2) is 4.98 Å². The number of nitrogens with one attached hydrogen (secondary N) is 1. The molecule has 0 spiro atoms. The van der Waals surface area contributed by atoms with E-state index in [1.165, 1.54) is 16.3 Å². The zero-order valence-electron chi connectivity index (χ0n) is 13.0. The highest BCUT2D eigenvalue weighted by molar-refractivity contribution is 5.94. The fourth-order valence-corrected chi connectivity index (χ4v) is 2.56. The van der Waals surface area contributed by atoms with Crippen LogP contribution in [0.4, 0.5) is 11.5 Å². The second kappa shape index (κ2) is 6.43. The van der Waals surface area contributed by atoms with Gasteiger partial charge in [0.05, 0.1) is 0 Å². The summed E-state index contributed by atoms with van der Waals surface area (Å²) in [7, 11) is 4.03. The minimum absolute atomic E-state index is 0.917. The van der Waals surface area contributed by atoms with Crippen LogP contribution in [0.2, 0.25) is 0 Å². The third-order valence-corrected chi connectivity index (χ3v) is 3.88. The van der Waals surface area contributed by atoms with Gasteiger partial charge < -0.3 is 10.2 Å². The van der Waals surface area contributed by atoms with E-state index in [9.17, 15) is 0 Å². The normalized spacial score (nSPS) is 10.6. The second-order valence-electron chi connectivity index (χ2n) is 5.35. The third kappa shape index (κ3) is 3.01. The molecule has 1 aromatic carbocycles. The number of nitrogens with zero attached hydrogens (tertiary/aromatic N) is 3. The van der Waals surface area contributed by atoms with Crippen LogP contribution in [-0.2, 0) is 6.42 Å². The highest BCUT2D eigenvalue weighted by atomic mass is 15.2. The Morgan fingerprint density at radius 2 is 1.86 bits per heavy atom.